The minimum absolute atomic E-state index is 0.0538. The van der Waals surface area contributed by atoms with E-state index in [4.69, 9.17) is 0 Å². The van der Waals surface area contributed by atoms with E-state index in [9.17, 15) is 9.59 Å². The lowest BCUT2D eigenvalue weighted by Crippen LogP contribution is -2.50. The molecule has 3 aromatic rings. The second-order valence-corrected chi connectivity index (χ2v) is 9.34. The number of carbonyl (C=O) groups excluding carboxylic acids is 1. The van der Waals surface area contributed by atoms with Crippen LogP contribution in [0.1, 0.15) is 56.5 Å². The Hall–Kier alpha value is -3.19. The van der Waals surface area contributed by atoms with Gasteiger partial charge in [0.15, 0.2) is 0 Å². The Morgan fingerprint density at radius 3 is 2.24 bits per heavy atom. The molecule has 0 aliphatic carbocycles. The number of aromatic nitrogens is 2. The van der Waals surface area contributed by atoms with Crippen molar-refractivity contribution in [2.75, 3.05) is 31.5 Å². The molecule has 0 spiro atoms. The highest BCUT2D eigenvalue weighted by molar-refractivity contribution is 5.91. The molecule has 33 heavy (non-hydrogen) atoms. The van der Waals surface area contributed by atoms with Crippen LogP contribution in [0.2, 0.25) is 0 Å². The van der Waals surface area contributed by atoms with Crippen LogP contribution in [0.5, 0.6) is 0 Å². The molecule has 2 amide bonds. The number of carbonyl (C=O) groups is 1. The first-order valence-electron chi connectivity index (χ1n) is 11.7. The van der Waals surface area contributed by atoms with E-state index in [0.717, 1.165) is 18.8 Å². The number of nitrogens with one attached hydrogen (secondary N) is 2. The van der Waals surface area contributed by atoms with Crippen LogP contribution in [-0.2, 0) is 6.54 Å². The number of nitrogens with zero attached hydrogens (tertiary/aromatic N) is 3. The molecule has 1 saturated heterocycles. The topological polar surface area (TPSA) is 81.3 Å². The molecule has 7 heteroatoms. The average Bonchev–Trinajstić information content (AvgIpc) is 2.79. The zero-order chi connectivity index (χ0) is 23.5. The molecule has 7 nitrogen and oxygen atoms in total. The second kappa shape index (κ2) is 9.75. The Kier molecular flexibility index (Phi) is 6.79. The highest BCUT2D eigenvalue weighted by atomic mass is 16.2. The molecule has 4 rings (SSSR count). The Morgan fingerprint density at radius 2 is 1.61 bits per heavy atom. The maximum absolute atomic E-state index is 13.1. The van der Waals surface area contributed by atoms with E-state index in [1.807, 2.05) is 23.1 Å². The summed E-state index contributed by atoms with van der Waals surface area (Å²) >= 11 is 0. The molecule has 1 fully saturated rings. The smallest absolute Gasteiger partial charge is 0.321 e. The van der Waals surface area contributed by atoms with E-state index in [0.29, 0.717) is 48.2 Å². The predicted octanol–water partition coefficient (Wildman–Crippen LogP) is 4.52. The lowest BCUT2D eigenvalue weighted by atomic mass is 9.93. The van der Waals surface area contributed by atoms with E-state index in [1.54, 1.807) is 6.07 Å². The summed E-state index contributed by atoms with van der Waals surface area (Å²) in [7, 11) is 0. The van der Waals surface area contributed by atoms with Gasteiger partial charge >= 0.3 is 6.03 Å². The van der Waals surface area contributed by atoms with Crippen molar-refractivity contribution in [1.82, 2.24) is 19.8 Å². The average molecular weight is 448 g/mol. The van der Waals surface area contributed by atoms with Gasteiger partial charge in [0.05, 0.1) is 17.4 Å². The predicted molar refractivity (Wildman–Crippen MR) is 133 cm³/mol. The van der Waals surface area contributed by atoms with Crippen LogP contribution < -0.4 is 10.9 Å². The minimum atomic E-state index is -0.113. The first-order chi connectivity index (χ1) is 15.8. The number of anilines is 1. The normalized spacial score (nSPS) is 14.9. The van der Waals surface area contributed by atoms with Gasteiger partial charge in [0.2, 0.25) is 0 Å². The largest absolute Gasteiger partial charge is 0.322 e. The molecule has 2 N–H and O–H groups in total. The fourth-order valence-electron chi connectivity index (χ4n) is 4.41. The summed E-state index contributed by atoms with van der Waals surface area (Å²) in [5.74, 6) is 1.31. The van der Waals surface area contributed by atoms with Crippen molar-refractivity contribution in [2.45, 2.75) is 46.1 Å². The number of para-hydroxylation sites is 2. The van der Waals surface area contributed by atoms with E-state index in [1.165, 1.54) is 11.1 Å². The summed E-state index contributed by atoms with van der Waals surface area (Å²) in [5.41, 5.74) is 3.88. The summed E-state index contributed by atoms with van der Waals surface area (Å²) in [6.45, 7) is 11.9. The zero-order valence-electron chi connectivity index (χ0n) is 19.9. The molecule has 1 aromatic heterocycles. The van der Waals surface area contributed by atoms with Gasteiger partial charge in [0.25, 0.3) is 5.56 Å². The fourth-order valence-corrected chi connectivity index (χ4v) is 4.41. The molecule has 0 unspecified atom stereocenters. The van der Waals surface area contributed by atoms with E-state index in [-0.39, 0.29) is 11.6 Å². The number of hydrogen-bond acceptors (Lipinski definition) is 4. The van der Waals surface area contributed by atoms with Gasteiger partial charge in [-0.3, -0.25) is 9.69 Å². The van der Waals surface area contributed by atoms with E-state index < -0.39 is 0 Å². The SMILES string of the molecule is CC(C)c1cccc(C(C)C)c1NC(=O)N1CCN(Cc2nc3ccccc3c(=O)[nH]2)CC1. The molecule has 174 valence electrons. The van der Waals surface area contributed by atoms with Crippen LogP contribution in [0.4, 0.5) is 10.5 Å². The highest BCUT2D eigenvalue weighted by Crippen LogP contribution is 2.32. The van der Waals surface area contributed by atoms with Gasteiger partial charge in [0.1, 0.15) is 5.82 Å². The summed E-state index contributed by atoms with van der Waals surface area (Å²) in [5, 5.41) is 3.81. The van der Waals surface area contributed by atoms with Gasteiger partial charge < -0.3 is 15.2 Å². The number of aromatic amines is 1. The Bertz CT molecular complexity index is 1170. The lowest BCUT2D eigenvalue weighted by Gasteiger charge is -2.35. The summed E-state index contributed by atoms with van der Waals surface area (Å²) < 4.78 is 0. The molecular formula is C26H33N5O2. The van der Waals surface area contributed by atoms with Crippen LogP contribution in [0.25, 0.3) is 10.9 Å². The number of urea groups is 1. The van der Waals surface area contributed by atoms with Crippen LogP contribution in [0.15, 0.2) is 47.3 Å². The Morgan fingerprint density at radius 1 is 0.970 bits per heavy atom. The minimum Gasteiger partial charge on any atom is -0.322 e. The van der Waals surface area contributed by atoms with Crippen molar-refractivity contribution in [2.24, 2.45) is 0 Å². The van der Waals surface area contributed by atoms with Crippen LogP contribution in [-0.4, -0.2) is 52.0 Å². The number of rotatable bonds is 5. The molecule has 2 heterocycles. The van der Waals surface area contributed by atoms with Crippen molar-refractivity contribution >= 4 is 22.6 Å². The third kappa shape index (κ3) is 5.09. The van der Waals surface area contributed by atoms with Gasteiger partial charge in [-0.15, -0.1) is 0 Å². The third-order valence-corrected chi connectivity index (χ3v) is 6.30. The van der Waals surface area contributed by atoms with Crippen molar-refractivity contribution in [3.63, 3.8) is 0 Å². The van der Waals surface area contributed by atoms with Crippen LogP contribution in [0, 0.1) is 0 Å². The molecule has 1 aliphatic heterocycles. The summed E-state index contributed by atoms with van der Waals surface area (Å²) in [4.78, 5) is 37.0. The number of piperazine rings is 1. The summed E-state index contributed by atoms with van der Waals surface area (Å²) in [6, 6.07) is 13.6. The van der Waals surface area contributed by atoms with Crippen LogP contribution >= 0.6 is 0 Å². The van der Waals surface area contributed by atoms with Gasteiger partial charge in [-0.05, 0) is 35.1 Å². The van der Waals surface area contributed by atoms with E-state index >= 15 is 0 Å². The Balaban J connectivity index is 1.41. The van der Waals surface area contributed by atoms with Gasteiger partial charge in [0, 0.05) is 31.9 Å². The molecular weight excluding hydrogens is 414 g/mol. The quantitative estimate of drug-likeness (QED) is 0.603. The number of hydrogen-bond donors (Lipinski definition) is 2. The maximum Gasteiger partial charge on any atom is 0.321 e. The zero-order valence-corrected chi connectivity index (χ0v) is 19.9. The molecule has 0 saturated carbocycles. The third-order valence-electron chi connectivity index (χ3n) is 6.30. The van der Waals surface area contributed by atoms with E-state index in [2.05, 4.69) is 66.1 Å². The van der Waals surface area contributed by atoms with Crippen LogP contribution in [0.3, 0.4) is 0 Å². The van der Waals surface area contributed by atoms with Crippen molar-refractivity contribution in [3.8, 4) is 0 Å². The monoisotopic (exact) mass is 447 g/mol. The number of H-pyrrole nitrogens is 1. The molecule has 2 aromatic carbocycles. The molecule has 1 aliphatic rings. The standard InChI is InChI=1S/C26H33N5O2/c1-17(2)19-9-7-10-20(18(3)4)24(19)29-26(33)31-14-12-30(13-15-31)16-23-27-22-11-6-5-8-21(22)25(32)28-23/h5-11,17-18H,12-16H2,1-4H3,(H,29,33)(H,27,28,32). The highest BCUT2D eigenvalue weighted by Gasteiger charge is 2.24. The first kappa shape index (κ1) is 23.0. The molecule has 0 bridgehead atoms. The van der Waals surface area contributed by atoms with Gasteiger partial charge in [-0.25, -0.2) is 9.78 Å². The maximum atomic E-state index is 13.1. The molecule has 0 atom stereocenters. The van der Waals surface area contributed by atoms with Gasteiger partial charge in [-0.1, -0.05) is 58.0 Å². The number of amides is 2. The van der Waals surface area contributed by atoms with Crippen molar-refractivity contribution < 1.29 is 4.79 Å². The Labute approximate surface area is 194 Å². The van der Waals surface area contributed by atoms with Crippen molar-refractivity contribution in [3.05, 3.63) is 69.8 Å². The lowest BCUT2D eigenvalue weighted by molar-refractivity contribution is 0.141. The van der Waals surface area contributed by atoms with Gasteiger partial charge in [-0.2, -0.15) is 0 Å². The number of benzene rings is 2. The first-order valence-corrected chi connectivity index (χ1v) is 11.7. The van der Waals surface area contributed by atoms with Crippen molar-refractivity contribution in [1.29, 1.82) is 0 Å². The molecule has 0 radical (unpaired) electrons. The summed E-state index contributed by atoms with van der Waals surface area (Å²) in [6.07, 6.45) is 0. The fraction of sp³-hybridized carbons (Fsp3) is 0.423. The second-order valence-electron chi connectivity index (χ2n) is 9.34. The number of fused-ring (bicyclic) bond motifs is 1.